The first-order valence-corrected chi connectivity index (χ1v) is 4.56. The van der Waals surface area contributed by atoms with E-state index in [1.54, 1.807) is 0 Å². The SMILES string of the molecule is C#CCC(N)C(=O)C1CCOCC1. The zero-order chi connectivity index (χ0) is 9.68. The van der Waals surface area contributed by atoms with Crippen molar-refractivity contribution in [1.29, 1.82) is 0 Å². The number of hydrogen-bond donors (Lipinski definition) is 1. The van der Waals surface area contributed by atoms with Crippen molar-refractivity contribution < 1.29 is 9.53 Å². The maximum atomic E-state index is 11.6. The third-order valence-electron chi connectivity index (χ3n) is 2.33. The number of carbonyl (C=O) groups excluding carboxylic acids is 1. The number of terminal acetylenes is 1. The van der Waals surface area contributed by atoms with Crippen molar-refractivity contribution in [3.05, 3.63) is 0 Å². The van der Waals surface area contributed by atoms with E-state index in [1.165, 1.54) is 0 Å². The molecular formula is C10H15NO2. The zero-order valence-corrected chi connectivity index (χ0v) is 7.66. The van der Waals surface area contributed by atoms with Gasteiger partial charge in [-0.3, -0.25) is 4.79 Å². The Morgan fingerprint density at radius 3 is 2.77 bits per heavy atom. The first-order chi connectivity index (χ1) is 6.25. The standard InChI is InChI=1S/C10H15NO2/c1-2-3-9(11)10(12)8-4-6-13-7-5-8/h1,8-9H,3-7,11H2. The van der Waals surface area contributed by atoms with Crippen LogP contribution >= 0.6 is 0 Å². The molecule has 0 spiro atoms. The van der Waals surface area contributed by atoms with Gasteiger partial charge in [-0.1, -0.05) is 0 Å². The minimum absolute atomic E-state index is 0.0668. The summed E-state index contributed by atoms with van der Waals surface area (Å²) >= 11 is 0. The largest absolute Gasteiger partial charge is 0.381 e. The fourth-order valence-electron chi connectivity index (χ4n) is 1.51. The zero-order valence-electron chi connectivity index (χ0n) is 7.66. The molecule has 1 rings (SSSR count). The minimum Gasteiger partial charge on any atom is -0.381 e. The molecule has 0 aromatic carbocycles. The lowest BCUT2D eigenvalue weighted by Crippen LogP contribution is -2.37. The summed E-state index contributed by atoms with van der Waals surface area (Å²) in [7, 11) is 0. The van der Waals surface area contributed by atoms with Gasteiger partial charge in [0.2, 0.25) is 0 Å². The van der Waals surface area contributed by atoms with Crippen molar-refractivity contribution in [2.45, 2.75) is 25.3 Å². The monoisotopic (exact) mass is 181 g/mol. The van der Waals surface area contributed by atoms with E-state index in [0.29, 0.717) is 19.6 Å². The van der Waals surface area contributed by atoms with Gasteiger partial charge in [0.15, 0.2) is 5.78 Å². The van der Waals surface area contributed by atoms with Gasteiger partial charge < -0.3 is 10.5 Å². The van der Waals surface area contributed by atoms with Crippen LogP contribution in [0.4, 0.5) is 0 Å². The third-order valence-corrected chi connectivity index (χ3v) is 2.33. The molecule has 3 nitrogen and oxygen atoms in total. The maximum absolute atomic E-state index is 11.6. The van der Waals surface area contributed by atoms with Crippen molar-refractivity contribution in [3.8, 4) is 12.3 Å². The molecule has 1 atom stereocenters. The molecule has 13 heavy (non-hydrogen) atoms. The highest BCUT2D eigenvalue weighted by molar-refractivity contribution is 5.86. The average molecular weight is 181 g/mol. The molecule has 0 amide bonds. The average Bonchev–Trinajstić information content (AvgIpc) is 2.18. The molecule has 1 unspecified atom stereocenters. The Bertz CT molecular complexity index is 213. The first-order valence-electron chi connectivity index (χ1n) is 4.56. The molecular weight excluding hydrogens is 166 g/mol. The molecule has 1 saturated heterocycles. The molecule has 1 heterocycles. The van der Waals surface area contributed by atoms with Crippen molar-refractivity contribution in [1.82, 2.24) is 0 Å². The van der Waals surface area contributed by atoms with E-state index in [4.69, 9.17) is 16.9 Å². The van der Waals surface area contributed by atoms with Crippen molar-refractivity contribution >= 4 is 5.78 Å². The Kier molecular flexibility index (Phi) is 3.94. The van der Waals surface area contributed by atoms with Crippen molar-refractivity contribution in [2.75, 3.05) is 13.2 Å². The van der Waals surface area contributed by atoms with Gasteiger partial charge in [-0.05, 0) is 12.8 Å². The highest BCUT2D eigenvalue weighted by Gasteiger charge is 2.25. The highest BCUT2D eigenvalue weighted by atomic mass is 16.5. The first kappa shape index (κ1) is 10.2. The van der Waals surface area contributed by atoms with Crippen LogP contribution in [-0.2, 0) is 9.53 Å². The second kappa shape index (κ2) is 5.00. The van der Waals surface area contributed by atoms with Gasteiger partial charge in [0.05, 0.1) is 6.04 Å². The molecule has 0 saturated carbocycles. The van der Waals surface area contributed by atoms with E-state index in [1.807, 2.05) is 0 Å². The number of ketones is 1. The summed E-state index contributed by atoms with van der Waals surface area (Å²) in [6.45, 7) is 1.33. The van der Waals surface area contributed by atoms with Crippen LogP contribution in [-0.4, -0.2) is 25.0 Å². The van der Waals surface area contributed by atoms with Gasteiger partial charge in [-0.25, -0.2) is 0 Å². The molecule has 0 aromatic heterocycles. The van der Waals surface area contributed by atoms with Gasteiger partial charge >= 0.3 is 0 Å². The van der Waals surface area contributed by atoms with E-state index in [2.05, 4.69) is 5.92 Å². The molecule has 0 aromatic rings. The lowest BCUT2D eigenvalue weighted by atomic mass is 9.90. The van der Waals surface area contributed by atoms with Crippen LogP contribution < -0.4 is 5.73 Å². The van der Waals surface area contributed by atoms with E-state index >= 15 is 0 Å². The Morgan fingerprint density at radius 1 is 1.62 bits per heavy atom. The van der Waals surface area contributed by atoms with Gasteiger partial charge in [0.1, 0.15) is 0 Å². The summed E-state index contributed by atoms with van der Waals surface area (Å²) in [5, 5.41) is 0. The molecule has 72 valence electrons. The number of carbonyl (C=O) groups is 1. The smallest absolute Gasteiger partial charge is 0.153 e. The van der Waals surface area contributed by atoms with E-state index < -0.39 is 6.04 Å². The molecule has 0 bridgehead atoms. The number of nitrogens with two attached hydrogens (primary N) is 1. The van der Waals surface area contributed by atoms with Crippen molar-refractivity contribution in [2.24, 2.45) is 11.7 Å². The van der Waals surface area contributed by atoms with Crippen LogP contribution in [0.1, 0.15) is 19.3 Å². The minimum atomic E-state index is -0.479. The van der Waals surface area contributed by atoms with Crippen LogP contribution in [0.25, 0.3) is 0 Å². The van der Waals surface area contributed by atoms with Gasteiger partial charge in [-0.15, -0.1) is 12.3 Å². The molecule has 1 fully saturated rings. The summed E-state index contributed by atoms with van der Waals surface area (Å²) in [6, 6.07) is -0.479. The molecule has 0 aliphatic carbocycles. The lowest BCUT2D eigenvalue weighted by Gasteiger charge is -2.22. The summed E-state index contributed by atoms with van der Waals surface area (Å²) in [6.07, 6.45) is 7.01. The van der Waals surface area contributed by atoms with Crippen LogP contribution in [0.3, 0.4) is 0 Å². The number of Topliss-reactive ketones (excluding diaryl/α,β-unsaturated/α-hetero) is 1. The normalized spacial score (nSPS) is 20.6. The molecule has 0 radical (unpaired) electrons. The molecule has 1 aliphatic heterocycles. The number of ether oxygens (including phenoxy) is 1. The second-order valence-corrected chi connectivity index (χ2v) is 3.30. The fraction of sp³-hybridized carbons (Fsp3) is 0.700. The summed E-state index contributed by atoms with van der Waals surface area (Å²) in [4.78, 5) is 11.6. The summed E-state index contributed by atoms with van der Waals surface area (Å²) in [5.41, 5.74) is 5.63. The number of hydrogen-bond acceptors (Lipinski definition) is 3. The van der Waals surface area contributed by atoms with Crippen LogP contribution in [0, 0.1) is 18.3 Å². The van der Waals surface area contributed by atoms with Crippen LogP contribution in [0.15, 0.2) is 0 Å². The summed E-state index contributed by atoms with van der Waals surface area (Å²) < 4.78 is 5.16. The Morgan fingerprint density at radius 2 is 2.23 bits per heavy atom. The Balaban J connectivity index is 2.41. The van der Waals surface area contributed by atoms with E-state index in [0.717, 1.165) is 12.8 Å². The third kappa shape index (κ3) is 2.83. The molecule has 1 aliphatic rings. The Labute approximate surface area is 78.6 Å². The molecule has 3 heteroatoms. The van der Waals surface area contributed by atoms with Gasteiger partial charge in [0.25, 0.3) is 0 Å². The predicted octanol–water partition coefficient (Wildman–Crippen LogP) is 0.333. The maximum Gasteiger partial charge on any atom is 0.153 e. The fourth-order valence-corrected chi connectivity index (χ4v) is 1.51. The van der Waals surface area contributed by atoms with E-state index in [9.17, 15) is 4.79 Å². The number of rotatable bonds is 3. The van der Waals surface area contributed by atoms with E-state index in [-0.39, 0.29) is 11.7 Å². The van der Waals surface area contributed by atoms with Crippen LogP contribution in [0.5, 0.6) is 0 Å². The van der Waals surface area contributed by atoms with Gasteiger partial charge in [-0.2, -0.15) is 0 Å². The highest BCUT2D eigenvalue weighted by Crippen LogP contribution is 2.17. The topological polar surface area (TPSA) is 52.3 Å². The predicted molar refractivity (Wildman–Crippen MR) is 50.0 cm³/mol. The van der Waals surface area contributed by atoms with Crippen molar-refractivity contribution in [3.63, 3.8) is 0 Å². The van der Waals surface area contributed by atoms with Crippen LogP contribution in [0.2, 0.25) is 0 Å². The summed E-state index contributed by atoms with van der Waals surface area (Å²) in [5.74, 6) is 2.58. The quantitative estimate of drug-likeness (QED) is 0.638. The lowest BCUT2D eigenvalue weighted by molar-refractivity contribution is -0.126. The Hall–Kier alpha value is -0.850. The molecule has 2 N–H and O–H groups in total. The second-order valence-electron chi connectivity index (χ2n) is 3.30. The van der Waals surface area contributed by atoms with Gasteiger partial charge in [0, 0.05) is 25.6 Å².